The van der Waals surface area contributed by atoms with Crippen LogP contribution in [0.4, 0.5) is 5.69 Å². The number of ether oxygens (including phenoxy) is 3. The van der Waals surface area contributed by atoms with Crippen LogP contribution in [0.2, 0.25) is 5.02 Å². The molecule has 7 nitrogen and oxygen atoms in total. The van der Waals surface area contributed by atoms with Gasteiger partial charge in [-0.05, 0) is 43.3 Å². The molecule has 1 aliphatic heterocycles. The van der Waals surface area contributed by atoms with Crippen molar-refractivity contribution in [1.29, 1.82) is 0 Å². The highest BCUT2D eigenvalue weighted by Crippen LogP contribution is 2.34. The van der Waals surface area contributed by atoms with Gasteiger partial charge in [0.05, 0.1) is 19.9 Å². The summed E-state index contributed by atoms with van der Waals surface area (Å²) in [6.07, 6.45) is 0. The Balaban J connectivity index is 1.69. The summed E-state index contributed by atoms with van der Waals surface area (Å²) in [6, 6.07) is 11.4. The molecule has 1 aliphatic rings. The summed E-state index contributed by atoms with van der Waals surface area (Å²) in [5, 5.41) is 0.590. The normalized spacial score (nSPS) is 16.6. The fourth-order valence-corrected chi connectivity index (χ4v) is 3.34. The molecule has 2 aromatic carbocycles. The lowest BCUT2D eigenvalue weighted by Gasteiger charge is -2.39. The van der Waals surface area contributed by atoms with E-state index in [1.165, 1.54) is 4.90 Å². The first-order valence-electron chi connectivity index (χ1n) is 9.16. The van der Waals surface area contributed by atoms with Gasteiger partial charge in [-0.3, -0.25) is 9.59 Å². The number of amides is 2. The number of rotatable bonds is 6. The number of nitrogens with zero attached hydrogens (tertiary/aromatic N) is 2. The summed E-state index contributed by atoms with van der Waals surface area (Å²) < 4.78 is 16.2. The number of halogens is 1. The predicted molar refractivity (Wildman–Crippen MR) is 110 cm³/mol. The van der Waals surface area contributed by atoms with E-state index in [1.54, 1.807) is 68.5 Å². The van der Waals surface area contributed by atoms with Crippen LogP contribution in [0.5, 0.6) is 17.2 Å². The Labute approximate surface area is 174 Å². The largest absolute Gasteiger partial charge is 0.497 e. The Bertz CT molecular complexity index is 887. The number of methoxy groups -OCH3 is 2. The lowest BCUT2D eigenvalue weighted by molar-refractivity contribution is -0.142. The van der Waals surface area contributed by atoms with Crippen LogP contribution in [0.1, 0.15) is 6.92 Å². The summed E-state index contributed by atoms with van der Waals surface area (Å²) in [6.45, 7) is 2.29. The Morgan fingerprint density at radius 1 is 1.07 bits per heavy atom. The number of hydrogen-bond acceptors (Lipinski definition) is 5. The average molecular weight is 419 g/mol. The predicted octanol–water partition coefficient (Wildman–Crippen LogP) is 3.00. The molecule has 0 N–H and O–H groups in total. The third-order valence-corrected chi connectivity index (χ3v) is 5.08. The second kappa shape index (κ2) is 9.05. The van der Waals surface area contributed by atoms with E-state index in [-0.39, 0.29) is 18.4 Å². The van der Waals surface area contributed by atoms with E-state index in [2.05, 4.69) is 0 Å². The highest BCUT2D eigenvalue weighted by Gasteiger charge is 2.36. The SMILES string of the molecule is COc1ccc(OC)c(N2CCN(C(=O)COc3ccc(Cl)cc3)C(C)C2=O)c1. The molecule has 0 spiro atoms. The molecule has 154 valence electrons. The summed E-state index contributed by atoms with van der Waals surface area (Å²) in [7, 11) is 3.11. The number of carbonyl (C=O) groups excluding carboxylic acids is 2. The molecule has 0 bridgehead atoms. The van der Waals surface area contributed by atoms with Gasteiger partial charge in [0, 0.05) is 24.2 Å². The molecule has 1 saturated heterocycles. The Hall–Kier alpha value is -2.93. The smallest absolute Gasteiger partial charge is 0.261 e. The minimum Gasteiger partial charge on any atom is -0.497 e. The molecule has 29 heavy (non-hydrogen) atoms. The van der Waals surface area contributed by atoms with E-state index in [0.717, 1.165) is 0 Å². The maximum Gasteiger partial charge on any atom is 0.261 e. The van der Waals surface area contributed by atoms with Crippen molar-refractivity contribution in [2.24, 2.45) is 0 Å². The number of piperazine rings is 1. The molecule has 2 aromatic rings. The Morgan fingerprint density at radius 2 is 1.76 bits per heavy atom. The first-order valence-corrected chi connectivity index (χ1v) is 9.53. The third-order valence-electron chi connectivity index (χ3n) is 4.83. The van der Waals surface area contributed by atoms with Crippen molar-refractivity contribution in [3.63, 3.8) is 0 Å². The molecule has 3 rings (SSSR count). The maximum absolute atomic E-state index is 13.0. The molecule has 2 amide bonds. The summed E-state index contributed by atoms with van der Waals surface area (Å²) in [5.41, 5.74) is 0.619. The van der Waals surface area contributed by atoms with E-state index in [4.69, 9.17) is 25.8 Å². The van der Waals surface area contributed by atoms with Gasteiger partial charge < -0.3 is 24.0 Å². The van der Waals surface area contributed by atoms with Crippen LogP contribution >= 0.6 is 11.6 Å². The van der Waals surface area contributed by atoms with Crippen molar-refractivity contribution in [1.82, 2.24) is 4.90 Å². The highest BCUT2D eigenvalue weighted by molar-refractivity contribution is 6.30. The van der Waals surface area contributed by atoms with Gasteiger partial charge >= 0.3 is 0 Å². The number of benzene rings is 2. The molecule has 1 heterocycles. The van der Waals surface area contributed by atoms with Crippen LogP contribution in [-0.2, 0) is 9.59 Å². The van der Waals surface area contributed by atoms with E-state index in [0.29, 0.717) is 41.0 Å². The van der Waals surface area contributed by atoms with Crippen LogP contribution in [-0.4, -0.2) is 56.7 Å². The monoisotopic (exact) mass is 418 g/mol. The van der Waals surface area contributed by atoms with Crippen molar-refractivity contribution in [2.45, 2.75) is 13.0 Å². The van der Waals surface area contributed by atoms with Crippen molar-refractivity contribution in [3.8, 4) is 17.2 Å². The summed E-state index contributed by atoms with van der Waals surface area (Å²) >= 11 is 5.85. The molecule has 0 radical (unpaired) electrons. The van der Waals surface area contributed by atoms with Crippen molar-refractivity contribution in [3.05, 3.63) is 47.5 Å². The van der Waals surface area contributed by atoms with Crippen LogP contribution in [0, 0.1) is 0 Å². The van der Waals surface area contributed by atoms with Gasteiger partial charge in [0.15, 0.2) is 6.61 Å². The fraction of sp³-hybridized carbons (Fsp3) is 0.333. The van der Waals surface area contributed by atoms with Gasteiger partial charge in [0.1, 0.15) is 23.3 Å². The molecule has 1 fully saturated rings. The van der Waals surface area contributed by atoms with Crippen LogP contribution in [0.25, 0.3) is 0 Å². The van der Waals surface area contributed by atoms with Gasteiger partial charge in [-0.25, -0.2) is 0 Å². The minimum atomic E-state index is -0.624. The summed E-state index contributed by atoms with van der Waals surface area (Å²) in [4.78, 5) is 28.8. The van der Waals surface area contributed by atoms with E-state index in [9.17, 15) is 9.59 Å². The zero-order valence-corrected chi connectivity index (χ0v) is 17.3. The summed E-state index contributed by atoms with van der Waals surface area (Å²) in [5.74, 6) is 1.29. The standard InChI is InChI=1S/C21H23ClN2O5/c1-14-21(26)24(18-12-17(27-2)8-9-19(18)28-3)11-10-23(14)20(25)13-29-16-6-4-15(22)5-7-16/h4-9,12,14H,10-11,13H2,1-3H3. The van der Waals surface area contributed by atoms with E-state index >= 15 is 0 Å². The molecule has 0 aliphatic carbocycles. The molecule has 1 unspecified atom stereocenters. The lowest BCUT2D eigenvalue weighted by atomic mass is 10.1. The van der Waals surface area contributed by atoms with Gasteiger partial charge in [0.25, 0.3) is 5.91 Å². The number of anilines is 1. The van der Waals surface area contributed by atoms with Gasteiger partial charge in [-0.2, -0.15) is 0 Å². The lowest BCUT2D eigenvalue weighted by Crippen LogP contribution is -2.58. The molecule has 0 aromatic heterocycles. The zero-order valence-electron chi connectivity index (χ0n) is 16.6. The van der Waals surface area contributed by atoms with Crippen LogP contribution < -0.4 is 19.1 Å². The molecular formula is C21H23ClN2O5. The second-order valence-corrected chi connectivity index (χ2v) is 6.97. The van der Waals surface area contributed by atoms with Crippen LogP contribution in [0.3, 0.4) is 0 Å². The van der Waals surface area contributed by atoms with Crippen molar-refractivity contribution < 1.29 is 23.8 Å². The first kappa shape index (κ1) is 20.8. The highest BCUT2D eigenvalue weighted by atomic mass is 35.5. The first-order chi connectivity index (χ1) is 13.9. The van der Waals surface area contributed by atoms with Crippen molar-refractivity contribution in [2.75, 3.05) is 38.8 Å². The zero-order chi connectivity index (χ0) is 21.0. The maximum atomic E-state index is 13.0. The second-order valence-electron chi connectivity index (χ2n) is 6.53. The quantitative estimate of drug-likeness (QED) is 0.721. The molecule has 0 saturated carbocycles. The van der Waals surface area contributed by atoms with Crippen LogP contribution in [0.15, 0.2) is 42.5 Å². The molecular weight excluding hydrogens is 396 g/mol. The third kappa shape index (κ3) is 4.56. The van der Waals surface area contributed by atoms with Gasteiger partial charge in [-0.15, -0.1) is 0 Å². The number of carbonyl (C=O) groups is 2. The molecule has 1 atom stereocenters. The Morgan fingerprint density at radius 3 is 2.41 bits per heavy atom. The molecule has 8 heteroatoms. The average Bonchev–Trinajstić information content (AvgIpc) is 2.74. The Kier molecular flexibility index (Phi) is 6.49. The van der Waals surface area contributed by atoms with Gasteiger partial charge in [-0.1, -0.05) is 11.6 Å². The fourth-order valence-electron chi connectivity index (χ4n) is 3.22. The minimum absolute atomic E-state index is 0.151. The topological polar surface area (TPSA) is 68.3 Å². The van der Waals surface area contributed by atoms with Crippen molar-refractivity contribution >= 4 is 29.1 Å². The van der Waals surface area contributed by atoms with Gasteiger partial charge in [0.2, 0.25) is 5.91 Å². The van der Waals surface area contributed by atoms with E-state index in [1.807, 2.05) is 0 Å². The number of hydrogen-bond donors (Lipinski definition) is 0. The van der Waals surface area contributed by atoms with E-state index < -0.39 is 6.04 Å².